The number of carbonyl (C=O) groups excluding carboxylic acids is 1. The van der Waals surface area contributed by atoms with E-state index in [4.69, 9.17) is 9.47 Å². The van der Waals surface area contributed by atoms with Gasteiger partial charge in [-0.1, -0.05) is 0 Å². The highest BCUT2D eigenvalue weighted by molar-refractivity contribution is 5.70. The lowest BCUT2D eigenvalue weighted by atomic mass is 10.1. The van der Waals surface area contributed by atoms with Gasteiger partial charge < -0.3 is 9.47 Å². The van der Waals surface area contributed by atoms with Crippen molar-refractivity contribution in [3.05, 3.63) is 18.0 Å². The predicted octanol–water partition coefficient (Wildman–Crippen LogP) is 2.45. The van der Waals surface area contributed by atoms with Gasteiger partial charge in [0.1, 0.15) is 17.4 Å². The van der Waals surface area contributed by atoms with Crippen LogP contribution in [0.15, 0.2) is 12.3 Å². The number of amides is 1. The molecule has 1 amide bonds. The summed E-state index contributed by atoms with van der Waals surface area (Å²) in [6.45, 7) is 9.68. The molecule has 1 aliphatic heterocycles. The molecule has 1 aromatic heterocycles. The van der Waals surface area contributed by atoms with Crippen molar-refractivity contribution in [1.29, 1.82) is 0 Å². The van der Waals surface area contributed by atoms with Gasteiger partial charge in [-0.05, 0) is 40.7 Å². The van der Waals surface area contributed by atoms with Crippen molar-refractivity contribution in [2.45, 2.75) is 52.0 Å². The smallest absolute Gasteiger partial charge is 0.413 e. The summed E-state index contributed by atoms with van der Waals surface area (Å²) in [7, 11) is 0. The highest BCUT2D eigenvalue weighted by Gasteiger charge is 2.46. The standard InChI is InChI=1S/C13H21N3O3/c1-12(2,3)19-11(17)16-10(8-18-13(16,4)5)9-6-7-14-15-9/h6-7,10H,8H2,1-5H3,(H,14,15). The zero-order chi connectivity index (χ0) is 14.3. The Balaban J connectivity index is 2.24. The summed E-state index contributed by atoms with van der Waals surface area (Å²) in [5, 5.41) is 6.81. The molecule has 1 unspecified atom stereocenters. The van der Waals surface area contributed by atoms with Crippen molar-refractivity contribution in [2.75, 3.05) is 6.61 Å². The minimum atomic E-state index is -0.696. The zero-order valence-electron chi connectivity index (χ0n) is 12.1. The van der Waals surface area contributed by atoms with E-state index in [1.165, 1.54) is 0 Å². The van der Waals surface area contributed by atoms with Crippen LogP contribution in [0.5, 0.6) is 0 Å². The van der Waals surface area contributed by atoms with E-state index in [-0.39, 0.29) is 12.1 Å². The van der Waals surface area contributed by atoms with Gasteiger partial charge in [0.25, 0.3) is 0 Å². The summed E-state index contributed by atoms with van der Waals surface area (Å²) in [5.41, 5.74) is -0.386. The number of ether oxygens (including phenoxy) is 2. The largest absolute Gasteiger partial charge is 0.444 e. The van der Waals surface area contributed by atoms with E-state index < -0.39 is 11.3 Å². The molecule has 1 atom stereocenters. The maximum Gasteiger partial charge on any atom is 0.413 e. The Kier molecular flexibility index (Phi) is 3.30. The van der Waals surface area contributed by atoms with Gasteiger partial charge in [0.05, 0.1) is 12.3 Å². The van der Waals surface area contributed by atoms with Crippen molar-refractivity contribution in [1.82, 2.24) is 15.1 Å². The van der Waals surface area contributed by atoms with Crippen LogP contribution in [0, 0.1) is 0 Å². The summed E-state index contributed by atoms with van der Waals surface area (Å²) in [6, 6.07) is 1.64. The maximum absolute atomic E-state index is 12.4. The van der Waals surface area contributed by atoms with Crippen LogP contribution in [-0.2, 0) is 9.47 Å². The van der Waals surface area contributed by atoms with Crippen molar-refractivity contribution >= 4 is 6.09 Å². The molecule has 1 aliphatic rings. The number of hydrogen-bond donors (Lipinski definition) is 1. The third kappa shape index (κ3) is 2.89. The molecule has 106 valence electrons. The Morgan fingerprint density at radius 1 is 1.58 bits per heavy atom. The van der Waals surface area contributed by atoms with Crippen LogP contribution in [0.4, 0.5) is 4.79 Å². The van der Waals surface area contributed by atoms with Crippen LogP contribution in [0.2, 0.25) is 0 Å². The molecule has 2 heterocycles. The number of carbonyl (C=O) groups is 1. The van der Waals surface area contributed by atoms with Crippen LogP contribution >= 0.6 is 0 Å². The Morgan fingerprint density at radius 3 is 2.79 bits per heavy atom. The van der Waals surface area contributed by atoms with Gasteiger partial charge in [0, 0.05) is 6.20 Å². The number of aromatic amines is 1. The number of aromatic nitrogens is 2. The molecule has 0 bridgehead atoms. The lowest BCUT2D eigenvalue weighted by Gasteiger charge is -2.34. The van der Waals surface area contributed by atoms with E-state index in [1.807, 2.05) is 40.7 Å². The van der Waals surface area contributed by atoms with Crippen LogP contribution in [-0.4, -0.2) is 39.1 Å². The first-order valence-electron chi connectivity index (χ1n) is 6.36. The Bertz CT molecular complexity index is 448. The van der Waals surface area contributed by atoms with Crippen LogP contribution in [0.1, 0.15) is 46.4 Å². The first-order chi connectivity index (χ1) is 8.71. The Hall–Kier alpha value is -1.56. The van der Waals surface area contributed by atoms with Crippen LogP contribution in [0.25, 0.3) is 0 Å². The molecule has 6 nitrogen and oxygen atoms in total. The van der Waals surface area contributed by atoms with E-state index in [0.29, 0.717) is 6.61 Å². The third-order valence-electron chi connectivity index (χ3n) is 2.96. The molecular formula is C13H21N3O3. The number of nitrogens with zero attached hydrogens (tertiary/aromatic N) is 2. The van der Waals surface area contributed by atoms with E-state index in [9.17, 15) is 4.79 Å². The summed E-state index contributed by atoms with van der Waals surface area (Å²) >= 11 is 0. The number of H-pyrrole nitrogens is 1. The highest BCUT2D eigenvalue weighted by atomic mass is 16.6. The maximum atomic E-state index is 12.4. The minimum Gasteiger partial charge on any atom is -0.444 e. The minimum absolute atomic E-state index is 0.202. The molecule has 1 fully saturated rings. The molecule has 0 spiro atoms. The average molecular weight is 267 g/mol. The second kappa shape index (κ2) is 4.52. The fourth-order valence-electron chi connectivity index (χ4n) is 2.14. The number of nitrogens with one attached hydrogen (secondary N) is 1. The van der Waals surface area contributed by atoms with Gasteiger partial charge in [-0.2, -0.15) is 5.10 Å². The molecule has 19 heavy (non-hydrogen) atoms. The van der Waals surface area contributed by atoms with E-state index in [0.717, 1.165) is 5.69 Å². The lowest BCUT2D eigenvalue weighted by Crippen LogP contribution is -2.47. The molecule has 1 N–H and O–H groups in total. The molecule has 0 aliphatic carbocycles. The number of rotatable bonds is 1. The topological polar surface area (TPSA) is 67.5 Å². The van der Waals surface area contributed by atoms with Crippen molar-refractivity contribution in [3.63, 3.8) is 0 Å². The molecule has 0 aromatic carbocycles. The molecule has 6 heteroatoms. The van der Waals surface area contributed by atoms with E-state index in [1.54, 1.807) is 11.1 Å². The molecule has 2 rings (SSSR count). The lowest BCUT2D eigenvalue weighted by molar-refractivity contribution is -0.0627. The number of hydrogen-bond acceptors (Lipinski definition) is 4. The molecule has 0 saturated carbocycles. The average Bonchev–Trinajstić information content (AvgIpc) is 2.81. The van der Waals surface area contributed by atoms with Gasteiger partial charge in [-0.15, -0.1) is 0 Å². The monoisotopic (exact) mass is 267 g/mol. The van der Waals surface area contributed by atoms with Gasteiger partial charge in [0.15, 0.2) is 0 Å². The van der Waals surface area contributed by atoms with Crippen molar-refractivity contribution in [3.8, 4) is 0 Å². The predicted molar refractivity (Wildman–Crippen MR) is 69.4 cm³/mol. The summed E-state index contributed by atoms with van der Waals surface area (Å²) < 4.78 is 11.2. The first kappa shape index (κ1) is 13.9. The molecular weight excluding hydrogens is 246 g/mol. The second-order valence-corrected chi connectivity index (χ2v) is 6.14. The summed E-state index contributed by atoms with van der Waals surface area (Å²) in [6.07, 6.45) is 1.28. The first-order valence-corrected chi connectivity index (χ1v) is 6.36. The van der Waals surface area contributed by atoms with Crippen molar-refractivity contribution in [2.24, 2.45) is 0 Å². The zero-order valence-corrected chi connectivity index (χ0v) is 12.1. The quantitative estimate of drug-likeness (QED) is 0.848. The molecule has 1 saturated heterocycles. The fourth-order valence-corrected chi connectivity index (χ4v) is 2.14. The van der Waals surface area contributed by atoms with Gasteiger partial charge in [0.2, 0.25) is 0 Å². The van der Waals surface area contributed by atoms with Crippen LogP contribution < -0.4 is 0 Å². The van der Waals surface area contributed by atoms with E-state index >= 15 is 0 Å². The van der Waals surface area contributed by atoms with Gasteiger partial charge >= 0.3 is 6.09 Å². The summed E-state index contributed by atoms with van der Waals surface area (Å²) in [4.78, 5) is 14.0. The van der Waals surface area contributed by atoms with Crippen LogP contribution in [0.3, 0.4) is 0 Å². The Morgan fingerprint density at radius 2 is 2.26 bits per heavy atom. The molecule has 1 aromatic rings. The van der Waals surface area contributed by atoms with E-state index in [2.05, 4.69) is 10.2 Å². The van der Waals surface area contributed by atoms with Crippen molar-refractivity contribution < 1.29 is 14.3 Å². The fraction of sp³-hybridized carbons (Fsp3) is 0.692. The van der Waals surface area contributed by atoms with Gasteiger partial charge in [-0.25, -0.2) is 4.79 Å². The normalized spacial score (nSPS) is 22.6. The summed E-state index contributed by atoms with van der Waals surface area (Å²) in [5.74, 6) is 0. The second-order valence-electron chi connectivity index (χ2n) is 6.14. The Labute approximate surface area is 113 Å². The SMILES string of the molecule is CC(C)(C)OC(=O)N1C(c2ccn[nH]2)COC1(C)C. The third-order valence-corrected chi connectivity index (χ3v) is 2.96. The van der Waals surface area contributed by atoms with Gasteiger partial charge in [-0.3, -0.25) is 10.00 Å². The molecule has 0 radical (unpaired) electrons. The highest BCUT2D eigenvalue weighted by Crippen LogP contribution is 2.37.